The summed E-state index contributed by atoms with van der Waals surface area (Å²) in [7, 11) is 0. The molecule has 6 heteroatoms. The Balaban J connectivity index is 1.61. The smallest absolute Gasteiger partial charge is 0.338 e. The van der Waals surface area contributed by atoms with Gasteiger partial charge in [-0.15, -0.1) is 0 Å². The lowest BCUT2D eigenvalue weighted by Gasteiger charge is -2.16. The molecule has 0 amide bonds. The quantitative estimate of drug-likeness (QED) is 0.110. The Morgan fingerprint density at radius 1 is 0.641 bits per heavy atom. The van der Waals surface area contributed by atoms with Crippen molar-refractivity contribution in [3.8, 4) is 11.5 Å². The number of carbonyl (C=O) groups excluding carboxylic acids is 1. The number of aliphatic hydroxyl groups is 2. The molecule has 39 heavy (non-hydrogen) atoms. The summed E-state index contributed by atoms with van der Waals surface area (Å²) in [5.41, 5.74) is 1.18. The van der Waals surface area contributed by atoms with Crippen LogP contribution in [0.3, 0.4) is 0 Å². The molecule has 0 saturated heterocycles. The van der Waals surface area contributed by atoms with Crippen LogP contribution in [0, 0.1) is 0 Å². The van der Waals surface area contributed by atoms with E-state index in [1.807, 2.05) is 30.3 Å². The molecule has 0 atom stereocenters. The normalized spacial score (nSPS) is 10.9. The summed E-state index contributed by atoms with van der Waals surface area (Å²) in [5.74, 6) is 0.663. The van der Waals surface area contributed by atoms with Crippen molar-refractivity contribution in [2.45, 2.75) is 110 Å². The van der Waals surface area contributed by atoms with E-state index in [0.717, 1.165) is 25.0 Å². The van der Waals surface area contributed by atoms with E-state index in [1.54, 1.807) is 12.1 Å². The van der Waals surface area contributed by atoms with Crippen LogP contribution in [-0.4, -0.2) is 36.0 Å². The molecule has 0 bridgehead atoms. The molecule has 0 radical (unpaired) electrons. The highest BCUT2D eigenvalue weighted by Gasteiger charge is 2.16. The molecule has 0 saturated carbocycles. The summed E-state index contributed by atoms with van der Waals surface area (Å²) >= 11 is 0. The Morgan fingerprint density at radius 2 is 1.13 bits per heavy atom. The van der Waals surface area contributed by atoms with Crippen molar-refractivity contribution in [1.29, 1.82) is 0 Å². The molecule has 0 aromatic heterocycles. The highest BCUT2D eigenvalue weighted by atomic mass is 16.5. The fraction of sp³-hybridized carbons (Fsp3) is 0.606. The van der Waals surface area contributed by atoms with Crippen LogP contribution in [0.15, 0.2) is 42.5 Å². The molecule has 218 valence electrons. The maximum absolute atomic E-state index is 12.6. The van der Waals surface area contributed by atoms with Crippen molar-refractivity contribution in [2.75, 3.05) is 19.8 Å². The van der Waals surface area contributed by atoms with E-state index in [-0.39, 0.29) is 19.8 Å². The lowest BCUT2D eigenvalue weighted by Crippen LogP contribution is -2.13. The number of aliphatic hydroxyl groups excluding tert-OH is 2. The van der Waals surface area contributed by atoms with Crippen LogP contribution in [0.25, 0.3) is 0 Å². The minimum atomic E-state index is -0.451. The molecule has 0 fully saturated rings. The van der Waals surface area contributed by atoms with Crippen LogP contribution < -0.4 is 9.47 Å². The Hall–Kier alpha value is -2.57. The summed E-state index contributed by atoms with van der Waals surface area (Å²) in [6, 6.07) is 12.5. The largest absolute Gasteiger partial charge is 0.490 e. The molecule has 2 aromatic rings. The second-order valence-electron chi connectivity index (χ2n) is 10.2. The third-order valence-corrected chi connectivity index (χ3v) is 6.89. The van der Waals surface area contributed by atoms with Gasteiger partial charge in [0.15, 0.2) is 0 Å². The van der Waals surface area contributed by atoms with Crippen molar-refractivity contribution in [3.63, 3.8) is 0 Å². The number of hydrogen-bond donors (Lipinski definition) is 2. The number of unbranched alkanes of at least 4 members (excludes halogenated alkanes) is 13. The number of ether oxygens (including phenoxy) is 3. The third kappa shape index (κ3) is 13.9. The summed E-state index contributed by atoms with van der Waals surface area (Å²) in [5, 5.41) is 19.7. The van der Waals surface area contributed by atoms with Crippen LogP contribution in [-0.2, 0) is 18.0 Å². The van der Waals surface area contributed by atoms with Gasteiger partial charge in [-0.2, -0.15) is 0 Å². The summed E-state index contributed by atoms with van der Waals surface area (Å²) in [6.07, 6.45) is 17.9. The predicted octanol–water partition coefficient (Wildman–Crippen LogP) is 7.77. The van der Waals surface area contributed by atoms with Crippen LogP contribution in [0.4, 0.5) is 0 Å². The average Bonchev–Trinajstić information content (AvgIpc) is 2.97. The van der Waals surface area contributed by atoms with Gasteiger partial charge in [0.05, 0.1) is 25.4 Å². The van der Waals surface area contributed by atoms with Gasteiger partial charge in [0.2, 0.25) is 0 Å². The zero-order chi connectivity index (χ0) is 28.0. The molecule has 0 aliphatic heterocycles. The van der Waals surface area contributed by atoms with Crippen molar-refractivity contribution >= 4 is 5.97 Å². The maximum Gasteiger partial charge on any atom is 0.338 e. The van der Waals surface area contributed by atoms with Crippen molar-refractivity contribution in [1.82, 2.24) is 0 Å². The minimum absolute atomic E-state index is 0.234. The highest BCUT2D eigenvalue weighted by molar-refractivity contribution is 5.90. The number of benzene rings is 2. The lowest BCUT2D eigenvalue weighted by atomic mass is 10.0. The minimum Gasteiger partial charge on any atom is -0.490 e. The molecular weight excluding hydrogens is 492 g/mol. The fourth-order valence-corrected chi connectivity index (χ4v) is 4.66. The molecule has 6 nitrogen and oxygen atoms in total. The first-order chi connectivity index (χ1) is 19.2. The first-order valence-corrected chi connectivity index (χ1v) is 15.0. The Morgan fingerprint density at radius 3 is 1.64 bits per heavy atom. The Labute approximate surface area is 235 Å². The molecule has 0 unspecified atom stereocenters. The van der Waals surface area contributed by atoms with Gasteiger partial charge in [-0.1, -0.05) is 109 Å². The number of para-hydroxylation sites is 1. The van der Waals surface area contributed by atoms with E-state index in [4.69, 9.17) is 14.2 Å². The summed E-state index contributed by atoms with van der Waals surface area (Å²) in [4.78, 5) is 12.6. The molecule has 0 aliphatic rings. The fourth-order valence-electron chi connectivity index (χ4n) is 4.66. The summed E-state index contributed by atoms with van der Waals surface area (Å²) < 4.78 is 16.9. The Kier molecular flexibility index (Phi) is 17.8. The second-order valence-corrected chi connectivity index (χ2v) is 10.2. The van der Waals surface area contributed by atoms with E-state index in [0.29, 0.717) is 35.7 Å². The predicted molar refractivity (Wildman–Crippen MR) is 156 cm³/mol. The highest BCUT2D eigenvalue weighted by Crippen LogP contribution is 2.27. The van der Waals surface area contributed by atoms with Gasteiger partial charge in [0.1, 0.15) is 24.7 Å². The van der Waals surface area contributed by atoms with Gasteiger partial charge < -0.3 is 24.4 Å². The topological polar surface area (TPSA) is 85.2 Å². The van der Waals surface area contributed by atoms with Crippen LogP contribution in [0.1, 0.15) is 118 Å². The van der Waals surface area contributed by atoms with E-state index in [2.05, 4.69) is 6.92 Å². The van der Waals surface area contributed by atoms with E-state index >= 15 is 0 Å². The number of hydrogen-bond acceptors (Lipinski definition) is 6. The third-order valence-electron chi connectivity index (χ3n) is 6.89. The molecule has 2 N–H and O–H groups in total. The monoisotopic (exact) mass is 542 g/mol. The Bertz CT molecular complexity index is 873. The summed E-state index contributed by atoms with van der Waals surface area (Å²) in [6.45, 7) is 2.54. The molecule has 2 rings (SSSR count). The van der Waals surface area contributed by atoms with Crippen LogP contribution in [0.2, 0.25) is 0 Å². The molecule has 2 aromatic carbocycles. The first kappa shape index (κ1) is 32.6. The molecule has 0 aliphatic carbocycles. The zero-order valence-electron chi connectivity index (χ0n) is 24.0. The molecule has 0 heterocycles. The van der Waals surface area contributed by atoms with E-state index in [9.17, 15) is 15.0 Å². The number of esters is 1. The van der Waals surface area contributed by atoms with Gasteiger partial charge in [-0.3, -0.25) is 0 Å². The van der Waals surface area contributed by atoms with E-state index < -0.39 is 5.97 Å². The zero-order valence-corrected chi connectivity index (χ0v) is 24.0. The van der Waals surface area contributed by atoms with Crippen LogP contribution in [0.5, 0.6) is 11.5 Å². The second kappa shape index (κ2) is 21.3. The van der Waals surface area contributed by atoms with Gasteiger partial charge in [-0.25, -0.2) is 4.79 Å². The SMILES string of the molecule is CCCCCCCCCCCCCCCCOC(=O)c1cc(CO)c(OCCOc2ccccc2)c(CO)c1. The maximum atomic E-state index is 12.6. The van der Waals surface area contributed by atoms with Gasteiger partial charge in [0.25, 0.3) is 0 Å². The molecule has 0 spiro atoms. The van der Waals surface area contributed by atoms with Crippen LogP contribution >= 0.6 is 0 Å². The van der Waals surface area contributed by atoms with Crippen molar-refractivity contribution < 1.29 is 29.2 Å². The van der Waals surface area contributed by atoms with Crippen molar-refractivity contribution in [2.24, 2.45) is 0 Å². The van der Waals surface area contributed by atoms with Gasteiger partial charge >= 0.3 is 5.97 Å². The molecular formula is C33H50O6. The van der Waals surface area contributed by atoms with Crippen molar-refractivity contribution in [3.05, 3.63) is 59.2 Å². The average molecular weight is 543 g/mol. The first-order valence-electron chi connectivity index (χ1n) is 15.0. The number of carbonyl (C=O) groups is 1. The van der Waals surface area contributed by atoms with Gasteiger partial charge in [-0.05, 0) is 30.7 Å². The lowest BCUT2D eigenvalue weighted by molar-refractivity contribution is 0.0497. The van der Waals surface area contributed by atoms with Gasteiger partial charge in [0, 0.05) is 11.1 Å². The van der Waals surface area contributed by atoms with E-state index in [1.165, 1.54) is 70.6 Å². The standard InChI is InChI=1S/C33H50O6/c1-2-3-4-5-6-7-8-9-10-11-12-13-14-18-21-39-33(36)28-24-29(26-34)32(30(25-28)27-35)38-23-22-37-31-19-16-15-17-20-31/h15-17,19-20,24-25,34-35H,2-14,18,21-23,26-27H2,1H3. The number of rotatable bonds is 23.